The quantitative estimate of drug-likeness (QED) is 0.772. The number of aryl methyl sites for hydroxylation is 1. The first kappa shape index (κ1) is 11.5. The molecule has 102 valence electrons. The summed E-state index contributed by atoms with van der Waals surface area (Å²) in [6.07, 6.45) is 9.92. The maximum Gasteiger partial charge on any atom is 0.142 e. The van der Waals surface area contributed by atoms with Crippen LogP contribution in [0.2, 0.25) is 0 Å². The van der Waals surface area contributed by atoms with Crippen LogP contribution in [0.1, 0.15) is 24.4 Å². The second kappa shape index (κ2) is 4.33. The molecule has 0 saturated carbocycles. The SMILES string of the molecule is Cn1cc([C@H]2CCCN2c2ncnc3[nH]ccc23)cn1. The summed E-state index contributed by atoms with van der Waals surface area (Å²) in [7, 11) is 1.96. The minimum absolute atomic E-state index is 0.358. The Morgan fingerprint density at radius 1 is 1.35 bits per heavy atom. The molecule has 1 saturated heterocycles. The molecule has 0 unspecified atom stereocenters. The molecule has 0 bridgehead atoms. The molecule has 0 radical (unpaired) electrons. The summed E-state index contributed by atoms with van der Waals surface area (Å²) in [6.45, 7) is 1.02. The molecular formula is C14H16N6. The van der Waals surface area contributed by atoms with E-state index in [0.29, 0.717) is 6.04 Å². The van der Waals surface area contributed by atoms with Gasteiger partial charge in [-0.2, -0.15) is 5.10 Å². The summed E-state index contributed by atoms with van der Waals surface area (Å²) in [5, 5.41) is 5.38. The number of nitrogens with one attached hydrogen (secondary N) is 1. The Morgan fingerprint density at radius 2 is 2.30 bits per heavy atom. The highest BCUT2D eigenvalue weighted by Crippen LogP contribution is 2.37. The number of fused-ring (bicyclic) bond motifs is 1. The van der Waals surface area contributed by atoms with E-state index in [2.05, 4.69) is 31.1 Å². The van der Waals surface area contributed by atoms with Gasteiger partial charge in [0.15, 0.2) is 0 Å². The molecule has 0 amide bonds. The Labute approximate surface area is 116 Å². The molecule has 0 aromatic carbocycles. The zero-order chi connectivity index (χ0) is 13.5. The topological polar surface area (TPSA) is 62.6 Å². The maximum atomic E-state index is 4.51. The Balaban J connectivity index is 1.78. The van der Waals surface area contributed by atoms with Crippen molar-refractivity contribution in [3.8, 4) is 0 Å². The molecule has 1 aliphatic rings. The molecule has 1 atom stereocenters. The lowest BCUT2D eigenvalue weighted by Crippen LogP contribution is -2.23. The fourth-order valence-electron chi connectivity index (χ4n) is 3.07. The molecule has 0 spiro atoms. The van der Waals surface area contributed by atoms with Gasteiger partial charge in [0, 0.05) is 31.5 Å². The van der Waals surface area contributed by atoms with Crippen molar-refractivity contribution in [1.29, 1.82) is 0 Å². The van der Waals surface area contributed by atoms with E-state index >= 15 is 0 Å². The molecule has 4 rings (SSSR count). The first-order valence-electron chi connectivity index (χ1n) is 6.86. The van der Waals surface area contributed by atoms with Crippen molar-refractivity contribution >= 4 is 16.9 Å². The van der Waals surface area contributed by atoms with Gasteiger partial charge in [-0.25, -0.2) is 9.97 Å². The van der Waals surface area contributed by atoms with Crippen LogP contribution in [0.25, 0.3) is 11.0 Å². The Bertz CT molecular complexity index is 743. The van der Waals surface area contributed by atoms with Gasteiger partial charge >= 0.3 is 0 Å². The van der Waals surface area contributed by atoms with Crippen LogP contribution in [0, 0.1) is 0 Å². The Kier molecular flexibility index (Phi) is 2.48. The zero-order valence-corrected chi connectivity index (χ0v) is 11.3. The summed E-state index contributed by atoms with van der Waals surface area (Å²) >= 11 is 0. The van der Waals surface area contributed by atoms with E-state index in [-0.39, 0.29) is 0 Å². The van der Waals surface area contributed by atoms with Crippen molar-refractivity contribution in [2.45, 2.75) is 18.9 Å². The number of aromatic amines is 1. The molecule has 6 heteroatoms. The third kappa shape index (κ3) is 1.68. The highest BCUT2D eigenvalue weighted by molar-refractivity contribution is 5.87. The van der Waals surface area contributed by atoms with Crippen LogP contribution in [-0.2, 0) is 7.05 Å². The van der Waals surface area contributed by atoms with Gasteiger partial charge in [-0.05, 0) is 18.9 Å². The Morgan fingerprint density at radius 3 is 3.15 bits per heavy atom. The maximum absolute atomic E-state index is 4.51. The molecule has 1 aliphatic heterocycles. The highest BCUT2D eigenvalue weighted by Gasteiger charge is 2.29. The summed E-state index contributed by atoms with van der Waals surface area (Å²) in [6, 6.07) is 2.40. The summed E-state index contributed by atoms with van der Waals surface area (Å²) in [5.41, 5.74) is 2.15. The van der Waals surface area contributed by atoms with Crippen molar-refractivity contribution in [2.24, 2.45) is 7.05 Å². The van der Waals surface area contributed by atoms with E-state index in [1.807, 2.05) is 30.2 Å². The van der Waals surface area contributed by atoms with E-state index < -0.39 is 0 Å². The number of H-pyrrole nitrogens is 1. The van der Waals surface area contributed by atoms with E-state index in [1.165, 1.54) is 12.0 Å². The van der Waals surface area contributed by atoms with Crippen molar-refractivity contribution in [1.82, 2.24) is 24.7 Å². The Hall–Kier alpha value is -2.37. The van der Waals surface area contributed by atoms with Gasteiger partial charge in [0.05, 0.1) is 17.6 Å². The van der Waals surface area contributed by atoms with Gasteiger partial charge in [0.25, 0.3) is 0 Å². The second-order valence-electron chi connectivity index (χ2n) is 5.24. The van der Waals surface area contributed by atoms with Crippen LogP contribution in [0.15, 0.2) is 31.0 Å². The highest BCUT2D eigenvalue weighted by atomic mass is 15.3. The lowest BCUT2D eigenvalue weighted by atomic mass is 10.1. The fourth-order valence-corrected chi connectivity index (χ4v) is 3.07. The number of aromatic nitrogens is 5. The van der Waals surface area contributed by atoms with E-state index in [9.17, 15) is 0 Å². The summed E-state index contributed by atoms with van der Waals surface area (Å²) < 4.78 is 1.86. The molecule has 3 aromatic rings. The first-order valence-corrected chi connectivity index (χ1v) is 6.86. The third-order valence-electron chi connectivity index (χ3n) is 3.97. The largest absolute Gasteiger partial charge is 0.349 e. The van der Waals surface area contributed by atoms with Crippen LogP contribution in [0.5, 0.6) is 0 Å². The normalized spacial score (nSPS) is 19.1. The summed E-state index contributed by atoms with van der Waals surface area (Å²) in [4.78, 5) is 14.3. The molecule has 1 N–H and O–H groups in total. The smallest absolute Gasteiger partial charge is 0.142 e. The average molecular weight is 268 g/mol. The predicted octanol–water partition coefficient (Wildman–Crippen LogP) is 2.03. The standard InChI is InChI=1S/C14H16N6/c1-19-8-10(7-18-19)12-3-2-6-20(12)14-11-4-5-15-13(11)16-9-17-14/h4-5,7-9,12H,2-3,6H2,1H3,(H,15,16,17)/t12-/m1/s1. The van der Waals surface area contributed by atoms with Gasteiger partial charge in [-0.1, -0.05) is 0 Å². The van der Waals surface area contributed by atoms with Crippen molar-refractivity contribution < 1.29 is 0 Å². The van der Waals surface area contributed by atoms with Crippen LogP contribution in [-0.4, -0.2) is 31.3 Å². The predicted molar refractivity (Wildman–Crippen MR) is 76.4 cm³/mol. The van der Waals surface area contributed by atoms with E-state index in [0.717, 1.165) is 29.8 Å². The number of nitrogens with zero attached hydrogens (tertiary/aromatic N) is 5. The first-order chi connectivity index (χ1) is 9.83. The fraction of sp³-hybridized carbons (Fsp3) is 0.357. The van der Waals surface area contributed by atoms with E-state index in [4.69, 9.17) is 0 Å². The minimum Gasteiger partial charge on any atom is -0.349 e. The van der Waals surface area contributed by atoms with E-state index in [1.54, 1.807) is 6.33 Å². The van der Waals surface area contributed by atoms with Crippen molar-refractivity contribution in [3.63, 3.8) is 0 Å². The van der Waals surface area contributed by atoms with Crippen LogP contribution >= 0.6 is 0 Å². The summed E-state index contributed by atoms with van der Waals surface area (Å²) in [5.74, 6) is 1.02. The van der Waals surface area contributed by atoms with Crippen LogP contribution in [0.3, 0.4) is 0 Å². The zero-order valence-electron chi connectivity index (χ0n) is 11.3. The molecule has 4 heterocycles. The molecule has 6 nitrogen and oxygen atoms in total. The van der Waals surface area contributed by atoms with Gasteiger partial charge in [0.2, 0.25) is 0 Å². The van der Waals surface area contributed by atoms with Gasteiger partial charge < -0.3 is 9.88 Å². The lowest BCUT2D eigenvalue weighted by molar-refractivity contribution is 0.709. The second-order valence-corrected chi connectivity index (χ2v) is 5.24. The van der Waals surface area contributed by atoms with Crippen LogP contribution in [0.4, 0.5) is 5.82 Å². The van der Waals surface area contributed by atoms with Crippen molar-refractivity contribution in [3.05, 3.63) is 36.5 Å². The minimum atomic E-state index is 0.358. The lowest BCUT2D eigenvalue weighted by Gasteiger charge is -2.25. The average Bonchev–Trinajstić information content (AvgIpc) is 3.17. The molecule has 20 heavy (non-hydrogen) atoms. The van der Waals surface area contributed by atoms with Gasteiger partial charge in [0.1, 0.15) is 17.8 Å². The third-order valence-corrected chi connectivity index (χ3v) is 3.97. The van der Waals surface area contributed by atoms with Gasteiger partial charge in [-0.15, -0.1) is 0 Å². The van der Waals surface area contributed by atoms with Crippen LogP contribution < -0.4 is 4.90 Å². The van der Waals surface area contributed by atoms with Gasteiger partial charge in [-0.3, -0.25) is 4.68 Å². The number of rotatable bonds is 2. The number of hydrogen-bond donors (Lipinski definition) is 1. The molecule has 0 aliphatic carbocycles. The number of anilines is 1. The molecule has 1 fully saturated rings. The monoisotopic (exact) mass is 268 g/mol. The molecule has 3 aromatic heterocycles. The number of hydrogen-bond acceptors (Lipinski definition) is 4. The molecular weight excluding hydrogens is 252 g/mol. The van der Waals surface area contributed by atoms with Crippen molar-refractivity contribution in [2.75, 3.05) is 11.4 Å².